The highest BCUT2D eigenvalue weighted by Crippen LogP contribution is 2.32. The summed E-state index contributed by atoms with van der Waals surface area (Å²) in [5.41, 5.74) is 0. The first-order valence-corrected chi connectivity index (χ1v) is 9.30. The lowest BCUT2D eigenvalue weighted by Crippen LogP contribution is -2.03. The molecule has 4 aromatic rings. The molecule has 0 aromatic carbocycles. The molecular weight excluding hydrogens is 358 g/mol. The first kappa shape index (κ1) is 16.1. The van der Waals surface area contributed by atoms with Crippen LogP contribution < -0.4 is 0 Å². The van der Waals surface area contributed by atoms with E-state index in [4.69, 9.17) is 8.83 Å². The van der Waals surface area contributed by atoms with Crippen LogP contribution in [0.1, 0.15) is 31.4 Å². The van der Waals surface area contributed by atoms with Gasteiger partial charge in [0.05, 0.1) is 19.1 Å². The van der Waals surface area contributed by atoms with Crippen LogP contribution >= 0.6 is 23.3 Å². The van der Waals surface area contributed by atoms with Crippen molar-refractivity contribution in [3.05, 3.63) is 48.4 Å². The van der Waals surface area contributed by atoms with Gasteiger partial charge in [0.15, 0.2) is 15.3 Å². The summed E-state index contributed by atoms with van der Waals surface area (Å²) in [5, 5.41) is 9.32. The standard InChI is InChI=1S/C16H15N5O2S2/c1-10(2)13-17-16(25-20-13)24-15-19-18-14(12-6-4-8-23-12)21(15)9-11-5-3-7-22-11/h3-8,10H,9H2,1-2H3. The molecule has 0 saturated heterocycles. The summed E-state index contributed by atoms with van der Waals surface area (Å²) in [7, 11) is 0. The predicted molar refractivity (Wildman–Crippen MR) is 93.7 cm³/mol. The van der Waals surface area contributed by atoms with E-state index in [1.165, 1.54) is 23.3 Å². The molecule has 0 aliphatic carbocycles. The maximum Gasteiger partial charge on any atom is 0.200 e. The first-order valence-electron chi connectivity index (χ1n) is 7.71. The molecule has 0 saturated carbocycles. The molecule has 9 heteroatoms. The largest absolute Gasteiger partial charge is 0.467 e. The Labute approximate surface area is 152 Å². The van der Waals surface area contributed by atoms with E-state index in [9.17, 15) is 0 Å². The average molecular weight is 373 g/mol. The molecule has 0 aliphatic rings. The quantitative estimate of drug-likeness (QED) is 0.498. The van der Waals surface area contributed by atoms with Gasteiger partial charge in [-0.05, 0) is 47.6 Å². The number of furan rings is 2. The molecule has 0 aliphatic heterocycles. The summed E-state index contributed by atoms with van der Waals surface area (Å²) in [5.74, 6) is 3.26. The third-order valence-electron chi connectivity index (χ3n) is 3.47. The van der Waals surface area contributed by atoms with Crippen LogP contribution in [0.15, 0.2) is 55.1 Å². The molecule has 0 N–H and O–H groups in total. The van der Waals surface area contributed by atoms with Gasteiger partial charge >= 0.3 is 0 Å². The zero-order chi connectivity index (χ0) is 17.2. The summed E-state index contributed by atoms with van der Waals surface area (Å²) in [6.07, 6.45) is 3.27. The molecule has 0 radical (unpaired) electrons. The van der Waals surface area contributed by atoms with Gasteiger partial charge in [-0.25, -0.2) is 4.98 Å². The van der Waals surface area contributed by atoms with Gasteiger partial charge in [-0.2, -0.15) is 4.37 Å². The number of hydrogen-bond donors (Lipinski definition) is 0. The van der Waals surface area contributed by atoms with E-state index < -0.39 is 0 Å². The Hall–Kier alpha value is -2.39. The molecule has 4 aromatic heterocycles. The molecule has 0 fully saturated rings. The predicted octanol–water partition coefficient (Wildman–Crippen LogP) is 4.31. The monoisotopic (exact) mass is 373 g/mol. The normalized spacial score (nSPS) is 11.5. The number of aromatic nitrogens is 5. The van der Waals surface area contributed by atoms with Crippen LogP contribution in [0.3, 0.4) is 0 Å². The summed E-state index contributed by atoms with van der Waals surface area (Å²) in [4.78, 5) is 4.56. The molecule has 4 heterocycles. The topological polar surface area (TPSA) is 82.8 Å². The molecule has 128 valence electrons. The Morgan fingerprint density at radius 2 is 2.00 bits per heavy atom. The second kappa shape index (κ2) is 6.85. The molecule has 0 atom stereocenters. The lowest BCUT2D eigenvalue weighted by atomic mass is 10.2. The Balaban J connectivity index is 1.68. The van der Waals surface area contributed by atoms with Gasteiger partial charge in [0, 0.05) is 5.92 Å². The fourth-order valence-corrected chi connectivity index (χ4v) is 3.91. The van der Waals surface area contributed by atoms with E-state index in [1.54, 1.807) is 12.5 Å². The maximum atomic E-state index is 5.49. The molecule has 0 bridgehead atoms. The molecule has 7 nitrogen and oxygen atoms in total. The summed E-state index contributed by atoms with van der Waals surface area (Å²) < 4.78 is 18.2. The fraction of sp³-hybridized carbons (Fsp3) is 0.250. The second-order valence-corrected chi connectivity index (χ2v) is 7.59. The van der Waals surface area contributed by atoms with Crippen LogP contribution in [0.5, 0.6) is 0 Å². The van der Waals surface area contributed by atoms with Crippen LogP contribution in [-0.2, 0) is 6.54 Å². The number of rotatable bonds is 6. The van der Waals surface area contributed by atoms with E-state index >= 15 is 0 Å². The van der Waals surface area contributed by atoms with Gasteiger partial charge in [-0.3, -0.25) is 4.57 Å². The minimum atomic E-state index is 0.297. The molecular formula is C16H15N5O2S2. The van der Waals surface area contributed by atoms with Crippen LogP contribution in [0.25, 0.3) is 11.6 Å². The minimum absolute atomic E-state index is 0.297. The fourth-order valence-electron chi connectivity index (χ4n) is 2.23. The Kier molecular flexibility index (Phi) is 4.41. The molecule has 4 rings (SSSR count). The van der Waals surface area contributed by atoms with Crippen molar-refractivity contribution in [2.24, 2.45) is 0 Å². The highest BCUT2D eigenvalue weighted by molar-refractivity contribution is 8.00. The van der Waals surface area contributed by atoms with Crippen molar-refractivity contribution in [3.8, 4) is 11.6 Å². The summed E-state index contributed by atoms with van der Waals surface area (Å²) >= 11 is 2.81. The highest BCUT2D eigenvalue weighted by atomic mass is 32.2. The van der Waals surface area contributed by atoms with Gasteiger partial charge in [-0.1, -0.05) is 13.8 Å². The van der Waals surface area contributed by atoms with Gasteiger partial charge in [0.2, 0.25) is 5.82 Å². The second-order valence-electron chi connectivity index (χ2n) is 5.62. The SMILES string of the molecule is CC(C)c1nsc(Sc2nnc(-c3ccco3)n2Cc2ccco2)n1. The highest BCUT2D eigenvalue weighted by Gasteiger charge is 2.20. The van der Waals surface area contributed by atoms with Crippen molar-refractivity contribution < 1.29 is 8.83 Å². The van der Waals surface area contributed by atoms with E-state index in [1.807, 2.05) is 28.8 Å². The van der Waals surface area contributed by atoms with Gasteiger partial charge in [0.25, 0.3) is 0 Å². The van der Waals surface area contributed by atoms with E-state index in [-0.39, 0.29) is 0 Å². The van der Waals surface area contributed by atoms with E-state index in [0.29, 0.717) is 29.2 Å². The number of hydrogen-bond acceptors (Lipinski definition) is 8. The van der Waals surface area contributed by atoms with Crippen LogP contribution in [0.2, 0.25) is 0 Å². The van der Waals surface area contributed by atoms with Crippen molar-refractivity contribution in [1.82, 2.24) is 24.1 Å². The van der Waals surface area contributed by atoms with Crippen LogP contribution in [0.4, 0.5) is 0 Å². The smallest absolute Gasteiger partial charge is 0.200 e. The van der Waals surface area contributed by atoms with E-state index in [2.05, 4.69) is 33.4 Å². The first-order chi connectivity index (χ1) is 12.2. The molecule has 0 amide bonds. The lowest BCUT2D eigenvalue weighted by molar-refractivity contribution is 0.482. The van der Waals surface area contributed by atoms with Crippen molar-refractivity contribution >= 4 is 23.3 Å². The number of nitrogens with zero attached hydrogens (tertiary/aromatic N) is 5. The van der Waals surface area contributed by atoms with Crippen LogP contribution in [0, 0.1) is 0 Å². The third-order valence-corrected chi connectivity index (χ3v) is 5.22. The van der Waals surface area contributed by atoms with Crippen molar-refractivity contribution in [2.45, 2.75) is 35.8 Å². The van der Waals surface area contributed by atoms with Crippen molar-refractivity contribution in [1.29, 1.82) is 0 Å². The van der Waals surface area contributed by atoms with Gasteiger partial charge < -0.3 is 8.83 Å². The summed E-state index contributed by atoms with van der Waals surface area (Å²) in [6.45, 7) is 4.66. The lowest BCUT2D eigenvalue weighted by Gasteiger charge is -2.06. The average Bonchev–Trinajstić information content (AvgIpc) is 3.36. The van der Waals surface area contributed by atoms with Crippen LogP contribution in [-0.4, -0.2) is 24.1 Å². The van der Waals surface area contributed by atoms with Gasteiger partial charge in [-0.15, -0.1) is 10.2 Å². The maximum absolute atomic E-state index is 5.49. The van der Waals surface area contributed by atoms with Gasteiger partial charge in [0.1, 0.15) is 11.6 Å². The molecule has 0 unspecified atom stereocenters. The Morgan fingerprint density at radius 3 is 2.68 bits per heavy atom. The minimum Gasteiger partial charge on any atom is -0.467 e. The Bertz CT molecular complexity index is 941. The Morgan fingerprint density at radius 1 is 1.16 bits per heavy atom. The third kappa shape index (κ3) is 3.38. The molecule has 25 heavy (non-hydrogen) atoms. The zero-order valence-electron chi connectivity index (χ0n) is 13.6. The van der Waals surface area contributed by atoms with E-state index in [0.717, 1.165) is 15.9 Å². The molecule has 0 spiro atoms. The van der Waals surface area contributed by atoms with Crippen molar-refractivity contribution in [3.63, 3.8) is 0 Å². The zero-order valence-corrected chi connectivity index (χ0v) is 15.3. The van der Waals surface area contributed by atoms with Crippen molar-refractivity contribution in [2.75, 3.05) is 0 Å². The summed E-state index contributed by atoms with van der Waals surface area (Å²) in [6, 6.07) is 7.47.